The van der Waals surface area contributed by atoms with E-state index >= 15 is 0 Å². The smallest absolute Gasteiger partial charge is 0.0162 e. The first kappa shape index (κ1) is 16.1. The summed E-state index contributed by atoms with van der Waals surface area (Å²) in [5.74, 6) is 6.22. The molecule has 4 N–H and O–H groups in total. The van der Waals surface area contributed by atoms with E-state index in [1.165, 1.54) is 77.0 Å². The summed E-state index contributed by atoms with van der Waals surface area (Å²) >= 11 is 0. The van der Waals surface area contributed by atoms with E-state index in [0.29, 0.717) is 17.0 Å². The van der Waals surface area contributed by atoms with Crippen LogP contribution in [0.5, 0.6) is 0 Å². The molecule has 136 valence electrons. The first-order valence-corrected chi connectivity index (χ1v) is 11.0. The summed E-state index contributed by atoms with van der Waals surface area (Å²) in [7, 11) is 0. The van der Waals surface area contributed by atoms with Crippen molar-refractivity contribution in [3.05, 3.63) is 0 Å². The molecule has 8 rings (SSSR count). The van der Waals surface area contributed by atoms with Crippen LogP contribution in [0.15, 0.2) is 0 Å². The van der Waals surface area contributed by atoms with Crippen molar-refractivity contribution in [2.75, 3.05) is 0 Å². The second kappa shape index (κ2) is 5.46. The molecule has 2 heteroatoms. The van der Waals surface area contributed by atoms with Crippen LogP contribution in [0.3, 0.4) is 0 Å². The Morgan fingerprint density at radius 1 is 0.625 bits per heavy atom. The van der Waals surface area contributed by atoms with E-state index in [2.05, 4.69) is 6.92 Å². The van der Waals surface area contributed by atoms with Crippen LogP contribution < -0.4 is 11.5 Å². The SMILES string of the molecule is CC(N)C12CC3CC(CC(C3)C1)C2.NC12CC3CC(CC(C3)C1)C2. The van der Waals surface area contributed by atoms with Crippen molar-refractivity contribution in [1.82, 2.24) is 0 Å². The molecule has 1 unspecified atom stereocenters. The van der Waals surface area contributed by atoms with E-state index in [-0.39, 0.29) is 0 Å². The van der Waals surface area contributed by atoms with Gasteiger partial charge in [-0.1, -0.05) is 0 Å². The van der Waals surface area contributed by atoms with E-state index in [9.17, 15) is 0 Å². The number of hydrogen-bond donors (Lipinski definition) is 2. The average Bonchev–Trinajstić information content (AvgIpc) is 2.43. The van der Waals surface area contributed by atoms with Crippen LogP contribution in [0.25, 0.3) is 0 Å². The fourth-order valence-electron chi connectivity index (χ4n) is 8.91. The molecule has 0 heterocycles. The standard InChI is InChI=1S/C12H21N.C10H17N/c1-8(13)12-5-9-2-10(6-12)4-11(3-9)7-12;11-10-4-7-1-8(5-10)3-9(2-7)6-10/h8-11H,2-7,13H2,1H3;7-9H,1-6,11H2. The van der Waals surface area contributed by atoms with Gasteiger partial charge in [0.05, 0.1) is 0 Å². The van der Waals surface area contributed by atoms with Gasteiger partial charge in [-0.05, 0) is 125 Å². The highest BCUT2D eigenvalue weighted by Gasteiger charge is 2.52. The van der Waals surface area contributed by atoms with Crippen LogP contribution in [0.1, 0.15) is 84.0 Å². The van der Waals surface area contributed by atoms with Crippen LogP contribution in [0, 0.1) is 40.9 Å². The molecular weight excluding hydrogens is 292 g/mol. The van der Waals surface area contributed by atoms with Gasteiger partial charge in [0.15, 0.2) is 0 Å². The molecule has 1 atom stereocenters. The Morgan fingerprint density at radius 2 is 0.917 bits per heavy atom. The Labute approximate surface area is 148 Å². The van der Waals surface area contributed by atoms with E-state index in [1.54, 1.807) is 0 Å². The van der Waals surface area contributed by atoms with Gasteiger partial charge in [0.1, 0.15) is 0 Å². The summed E-state index contributed by atoms with van der Waals surface area (Å²) in [4.78, 5) is 0. The maximum Gasteiger partial charge on any atom is 0.0162 e. The molecule has 8 saturated carbocycles. The van der Waals surface area contributed by atoms with Gasteiger partial charge in [-0.3, -0.25) is 0 Å². The van der Waals surface area contributed by atoms with E-state index < -0.39 is 0 Å². The Bertz CT molecular complexity index is 424. The fraction of sp³-hybridized carbons (Fsp3) is 1.00. The highest BCUT2D eigenvalue weighted by molar-refractivity contribution is 5.05. The zero-order chi connectivity index (χ0) is 16.5. The maximum absolute atomic E-state index is 6.32. The van der Waals surface area contributed by atoms with E-state index in [4.69, 9.17) is 11.5 Å². The fourth-order valence-corrected chi connectivity index (χ4v) is 8.91. The minimum Gasteiger partial charge on any atom is -0.327 e. The van der Waals surface area contributed by atoms with Crippen LogP contribution in [0.4, 0.5) is 0 Å². The Morgan fingerprint density at radius 3 is 1.17 bits per heavy atom. The van der Waals surface area contributed by atoms with Crippen molar-refractivity contribution >= 4 is 0 Å². The van der Waals surface area contributed by atoms with Crippen molar-refractivity contribution in [3.8, 4) is 0 Å². The zero-order valence-electron chi connectivity index (χ0n) is 15.7. The van der Waals surface area contributed by atoms with Gasteiger partial charge in [-0.25, -0.2) is 0 Å². The number of hydrogen-bond acceptors (Lipinski definition) is 2. The maximum atomic E-state index is 6.32. The molecule has 0 amide bonds. The van der Waals surface area contributed by atoms with Crippen LogP contribution in [-0.4, -0.2) is 11.6 Å². The lowest BCUT2D eigenvalue weighted by atomic mass is 9.48. The van der Waals surface area contributed by atoms with Gasteiger partial charge in [0, 0.05) is 11.6 Å². The van der Waals surface area contributed by atoms with Gasteiger partial charge in [0.25, 0.3) is 0 Å². The second-order valence-corrected chi connectivity index (χ2v) is 11.3. The van der Waals surface area contributed by atoms with E-state index in [0.717, 1.165) is 35.5 Å². The van der Waals surface area contributed by atoms with E-state index in [1.807, 2.05) is 0 Å². The molecule has 0 aromatic rings. The first-order chi connectivity index (χ1) is 11.4. The Hall–Kier alpha value is -0.0800. The van der Waals surface area contributed by atoms with Crippen molar-refractivity contribution in [3.63, 3.8) is 0 Å². The summed E-state index contributed by atoms with van der Waals surface area (Å²) in [6.07, 6.45) is 17.5. The third-order valence-electron chi connectivity index (χ3n) is 9.14. The highest BCUT2D eigenvalue weighted by Crippen LogP contribution is 2.61. The van der Waals surface area contributed by atoms with Crippen molar-refractivity contribution < 1.29 is 0 Å². The molecule has 0 saturated heterocycles. The van der Waals surface area contributed by atoms with Crippen molar-refractivity contribution in [2.45, 2.75) is 95.6 Å². The molecule has 2 nitrogen and oxygen atoms in total. The van der Waals surface area contributed by atoms with Gasteiger partial charge < -0.3 is 11.5 Å². The largest absolute Gasteiger partial charge is 0.327 e. The van der Waals surface area contributed by atoms with Crippen LogP contribution >= 0.6 is 0 Å². The van der Waals surface area contributed by atoms with Crippen molar-refractivity contribution in [2.24, 2.45) is 52.4 Å². The number of rotatable bonds is 1. The zero-order valence-corrected chi connectivity index (χ0v) is 15.7. The molecule has 0 radical (unpaired) electrons. The summed E-state index contributed by atoms with van der Waals surface area (Å²) in [5.41, 5.74) is 13.4. The Kier molecular flexibility index (Phi) is 3.67. The van der Waals surface area contributed by atoms with Crippen LogP contribution in [0.2, 0.25) is 0 Å². The molecule has 0 aromatic heterocycles. The molecule has 8 aliphatic carbocycles. The highest BCUT2D eigenvalue weighted by atomic mass is 14.8. The second-order valence-electron chi connectivity index (χ2n) is 11.3. The molecular formula is C22H38N2. The molecule has 0 spiro atoms. The molecule has 24 heavy (non-hydrogen) atoms. The van der Waals surface area contributed by atoms with Gasteiger partial charge in [-0.15, -0.1) is 0 Å². The van der Waals surface area contributed by atoms with Gasteiger partial charge >= 0.3 is 0 Å². The van der Waals surface area contributed by atoms with Crippen molar-refractivity contribution in [1.29, 1.82) is 0 Å². The topological polar surface area (TPSA) is 52.0 Å². The molecule has 8 fully saturated rings. The Balaban J connectivity index is 0.000000110. The normalized spacial score (nSPS) is 57.6. The number of nitrogens with two attached hydrogens (primary N) is 2. The minimum absolute atomic E-state index is 0.300. The first-order valence-electron chi connectivity index (χ1n) is 11.0. The van der Waals surface area contributed by atoms with Gasteiger partial charge in [0.2, 0.25) is 0 Å². The molecule has 0 aliphatic heterocycles. The monoisotopic (exact) mass is 330 g/mol. The minimum atomic E-state index is 0.300. The molecule has 0 aromatic carbocycles. The quantitative estimate of drug-likeness (QED) is 0.745. The summed E-state index contributed by atoms with van der Waals surface area (Å²) in [6.45, 7) is 2.24. The third kappa shape index (κ3) is 2.67. The lowest BCUT2D eigenvalue weighted by molar-refractivity contribution is -0.0637. The summed E-state index contributed by atoms with van der Waals surface area (Å²) in [5, 5.41) is 0. The van der Waals surface area contributed by atoms with Crippen LogP contribution in [-0.2, 0) is 0 Å². The summed E-state index contributed by atoms with van der Waals surface area (Å²) in [6, 6.07) is 0.445. The molecule has 8 bridgehead atoms. The lowest BCUT2D eigenvalue weighted by Gasteiger charge is -2.58. The predicted octanol–water partition coefficient (Wildman–Crippen LogP) is 4.46. The van der Waals surface area contributed by atoms with Gasteiger partial charge in [-0.2, -0.15) is 0 Å². The molecule has 8 aliphatic rings. The predicted molar refractivity (Wildman–Crippen MR) is 99.3 cm³/mol. The average molecular weight is 331 g/mol. The summed E-state index contributed by atoms with van der Waals surface area (Å²) < 4.78 is 0. The lowest BCUT2D eigenvalue weighted by Crippen LogP contribution is -2.55. The third-order valence-corrected chi connectivity index (χ3v) is 9.14.